The lowest BCUT2D eigenvalue weighted by Crippen LogP contribution is -2.51. The maximum atomic E-state index is 14.7. The fourth-order valence-corrected chi connectivity index (χ4v) is 4.69. The Balaban J connectivity index is 1.55. The van der Waals surface area contributed by atoms with Crippen LogP contribution in [0.4, 0.5) is 14.6 Å². The fourth-order valence-electron chi connectivity index (χ4n) is 4.69. The van der Waals surface area contributed by atoms with Crippen molar-refractivity contribution >= 4 is 17.0 Å². The number of piperazine rings is 1. The second-order valence-electron chi connectivity index (χ2n) is 8.16. The van der Waals surface area contributed by atoms with Crippen molar-refractivity contribution in [2.75, 3.05) is 18.0 Å². The number of fused-ring (bicyclic) bond motifs is 3. The summed E-state index contributed by atoms with van der Waals surface area (Å²) < 4.78 is 30.4. The van der Waals surface area contributed by atoms with Gasteiger partial charge in [-0.15, -0.1) is 0 Å². The molecule has 0 radical (unpaired) electrons. The zero-order chi connectivity index (χ0) is 20.9. The Morgan fingerprint density at radius 1 is 0.903 bits per heavy atom. The van der Waals surface area contributed by atoms with Crippen molar-refractivity contribution in [3.8, 4) is 17.1 Å². The Kier molecular flexibility index (Phi) is 4.21. The smallest absolute Gasteiger partial charge is 0.167 e. The van der Waals surface area contributed by atoms with Gasteiger partial charge in [0.05, 0.1) is 11.3 Å². The van der Waals surface area contributed by atoms with Crippen LogP contribution in [0.2, 0.25) is 0 Å². The highest BCUT2D eigenvalue weighted by molar-refractivity contribution is 5.81. The van der Waals surface area contributed by atoms with Gasteiger partial charge in [0.15, 0.2) is 5.65 Å². The van der Waals surface area contributed by atoms with E-state index in [0.29, 0.717) is 29.1 Å². The third-order valence-electron chi connectivity index (χ3n) is 6.12. The lowest BCUT2D eigenvalue weighted by atomic mass is 10.2. The molecule has 1 aromatic carbocycles. The van der Waals surface area contributed by atoms with Gasteiger partial charge < -0.3 is 10.2 Å². The third kappa shape index (κ3) is 3.14. The van der Waals surface area contributed by atoms with E-state index >= 15 is 0 Å². The van der Waals surface area contributed by atoms with Crippen molar-refractivity contribution in [2.45, 2.75) is 24.9 Å². The van der Waals surface area contributed by atoms with E-state index in [1.807, 2.05) is 12.1 Å². The molecular formula is C23H20F2N6. The molecule has 0 aliphatic carbocycles. The maximum Gasteiger partial charge on any atom is 0.167 e. The first-order valence-corrected chi connectivity index (χ1v) is 10.4. The van der Waals surface area contributed by atoms with Crippen LogP contribution in [-0.2, 0) is 0 Å². The molecule has 2 atom stereocenters. The third-order valence-corrected chi connectivity index (χ3v) is 6.12. The molecule has 8 heteroatoms. The minimum Gasteiger partial charge on any atom is -0.353 e. The van der Waals surface area contributed by atoms with Crippen molar-refractivity contribution in [1.82, 2.24) is 24.8 Å². The van der Waals surface area contributed by atoms with Crippen LogP contribution in [-0.4, -0.2) is 44.7 Å². The molecule has 6 nitrogen and oxygen atoms in total. The van der Waals surface area contributed by atoms with Gasteiger partial charge in [-0.3, -0.25) is 9.55 Å². The molecule has 2 fully saturated rings. The van der Waals surface area contributed by atoms with E-state index in [1.54, 1.807) is 29.1 Å². The van der Waals surface area contributed by atoms with Gasteiger partial charge in [-0.2, -0.15) is 0 Å². The summed E-state index contributed by atoms with van der Waals surface area (Å²) in [5.41, 5.74) is 2.06. The number of pyridine rings is 2. The summed E-state index contributed by atoms with van der Waals surface area (Å²) in [6.07, 6.45) is 5.68. The number of rotatable bonds is 3. The van der Waals surface area contributed by atoms with Gasteiger partial charge in [0.25, 0.3) is 0 Å². The van der Waals surface area contributed by atoms with Crippen LogP contribution in [0.25, 0.3) is 28.2 Å². The summed E-state index contributed by atoms with van der Waals surface area (Å²) in [6, 6.07) is 11.8. The van der Waals surface area contributed by atoms with Gasteiger partial charge in [-0.25, -0.2) is 18.7 Å². The number of halogens is 2. The zero-order valence-corrected chi connectivity index (χ0v) is 16.7. The largest absolute Gasteiger partial charge is 0.353 e. The molecule has 2 saturated heterocycles. The lowest BCUT2D eigenvalue weighted by molar-refractivity contribution is 0.463. The normalized spacial score (nSPS) is 20.5. The molecule has 0 amide bonds. The highest BCUT2D eigenvalue weighted by Gasteiger charge is 2.33. The minimum absolute atomic E-state index is 0.0941. The molecule has 5 heterocycles. The average Bonchev–Trinajstić information content (AvgIpc) is 3.34. The molecule has 0 saturated carbocycles. The van der Waals surface area contributed by atoms with E-state index in [-0.39, 0.29) is 5.56 Å². The van der Waals surface area contributed by atoms with E-state index < -0.39 is 11.6 Å². The number of nitrogens with one attached hydrogen (secondary N) is 1. The standard InChI is InChI=1S/C23H20F2N6/c24-14-1-4-19(25)18(11-14)22-28-20-5-6-21(30-12-15-2-3-16(13-30)27-15)29-23(20)31(22)17-7-9-26-10-8-17/h1,4-11,15-16,27H,2-3,12-13H2/t15-,16+. The van der Waals surface area contributed by atoms with Crippen LogP contribution in [0.1, 0.15) is 12.8 Å². The molecule has 2 aliphatic rings. The van der Waals surface area contributed by atoms with Crippen LogP contribution in [0.5, 0.6) is 0 Å². The predicted molar refractivity (Wildman–Crippen MR) is 114 cm³/mol. The number of benzene rings is 1. The number of anilines is 1. The number of imidazole rings is 1. The van der Waals surface area contributed by atoms with Gasteiger partial charge in [-0.1, -0.05) is 0 Å². The van der Waals surface area contributed by atoms with E-state index in [4.69, 9.17) is 4.98 Å². The van der Waals surface area contributed by atoms with Crippen molar-refractivity contribution in [3.63, 3.8) is 0 Å². The molecule has 156 valence electrons. The SMILES string of the molecule is Fc1ccc(F)c(-c2nc3ccc(N4C[C@H]5CC[C@@H](C4)N5)nc3n2-c2ccncc2)c1. The van der Waals surface area contributed by atoms with E-state index in [2.05, 4.69) is 20.2 Å². The van der Waals surface area contributed by atoms with Crippen molar-refractivity contribution in [2.24, 2.45) is 0 Å². The average molecular weight is 418 g/mol. The quantitative estimate of drug-likeness (QED) is 0.550. The van der Waals surface area contributed by atoms with Gasteiger partial charge in [-0.05, 0) is 55.3 Å². The highest BCUT2D eigenvalue weighted by atomic mass is 19.1. The number of hydrogen-bond donors (Lipinski definition) is 1. The second-order valence-corrected chi connectivity index (χ2v) is 8.16. The summed E-state index contributed by atoms with van der Waals surface area (Å²) in [4.78, 5) is 15.9. The minimum atomic E-state index is -0.536. The molecule has 0 spiro atoms. The second kappa shape index (κ2) is 7.09. The highest BCUT2D eigenvalue weighted by Crippen LogP contribution is 2.32. The number of nitrogens with zero attached hydrogens (tertiary/aromatic N) is 5. The van der Waals surface area contributed by atoms with E-state index in [0.717, 1.165) is 36.7 Å². The Labute approximate surface area is 177 Å². The van der Waals surface area contributed by atoms with Crippen molar-refractivity contribution in [3.05, 3.63) is 66.5 Å². The summed E-state index contributed by atoms with van der Waals surface area (Å²) in [5.74, 6) is 0.121. The Bertz CT molecular complexity index is 1260. The number of aromatic nitrogens is 4. The number of hydrogen-bond acceptors (Lipinski definition) is 5. The van der Waals surface area contributed by atoms with Gasteiger partial charge in [0.2, 0.25) is 0 Å². The molecule has 0 unspecified atom stereocenters. The Morgan fingerprint density at radius 3 is 2.45 bits per heavy atom. The monoisotopic (exact) mass is 418 g/mol. The maximum absolute atomic E-state index is 14.7. The van der Waals surface area contributed by atoms with Crippen LogP contribution in [0, 0.1) is 11.6 Å². The van der Waals surface area contributed by atoms with Gasteiger partial charge >= 0.3 is 0 Å². The zero-order valence-electron chi connectivity index (χ0n) is 16.7. The lowest BCUT2D eigenvalue weighted by Gasteiger charge is -2.33. The summed E-state index contributed by atoms with van der Waals surface area (Å²) in [7, 11) is 0. The van der Waals surface area contributed by atoms with Crippen molar-refractivity contribution < 1.29 is 8.78 Å². The first-order valence-electron chi connectivity index (χ1n) is 10.4. The molecule has 2 aliphatic heterocycles. The molecule has 31 heavy (non-hydrogen) atoms. The molecule has 6 rings (SSSR count). The topological polar surface area (TPSA) is 58.9 Å². The molecule has 3 aromatic heterocycles. The fraction of sp³-hybridized carbons (Fsp3) is 0.261. The first kappa shape index (κ1) is 18.4. The van der Waals surface area contributed by atoms with E-state index in [9.17, 15) is 8.78 Å². The van der Waals surface area contributed by atoms with Crippen LogP contribution in [0.15, 0.2) is 54.9 Å². The predicted octanol–water partition coefficient (Wildman–Crippen LogP) is 3.70. The molecular weight excluding hydrogens is 398 g/mol. The molecule has 4 aromatic rings. The molecule has 1 N–H and O–H groups in total. The van der Waals surface area contributed by atoms with Crippen molar-refractivity contribution in [1.29, 1.82) is 0 Å². The van der Waals surface area contributed by atoms with E-state index in [1.165, 1.54) is 18.9 Å². The van der Waals surface area contributed by atoms with Gasteiger partial charge in [0.1, 0.15) is 28.8 Å². The Morgan fingerprint density at radius 2 is 1.68 bits per heavy atom. The summed E-state index contributed by atoms with van der Waals surface area (Å²) >= 11 is 0. The summed E-state index contributed by atoms with van der Waals surface area (Å²) in [6.45, 7) is 1.81. The van der Waals surface area contributed by atoms with Gasteiger partial charge in [0, 0.05) is 37.6 Å². The first-order chi connectivity index (χ1) is 15.2. The van der Waals surface area contributed by atoms with Crippen LogP contribution in [0.3, 0.4) is 0 Å². The molecule has 2 bridgehead atoms. The van der Waals surface area contributed by atoms with Crippen LogP contribution >= 0.6 is 0 Å². The summed E-state index contributed by atoms with van der Waals surface area (Å²) in [5, 5.41) is 3.63. The van der Waals surface area contributed by atoms with Crippen LogP contribution < -0.4 is 10.2 Å². The Hall–Kier alpha value is -3.39.